The molecule has 4 aromatic rings. The third-order valence-corrected chi connectivity index (χ3v) is 6.17. The highest BCUT2D eigenvalue weighted by molar-refractivity contribution is 7.17. The minimum absolute atomic E-state index is 0.652. The van der Waals surface area contributed by atoms with Crippen molar-refractivity contribution in [1.82, 2.24) is 15.3 Å². The molecule has 4 heterocycles. The number of aromatic nitrogens is 2. The monoisotopic (exact) mass is 426 g/mol. The normalized spacial score (nSPS) is 12.9. The van der Waals surface area contributed by atoms with Crippen LogP contribution in [0, 0.1) is 6.92 Å². The molecule has 0 spiro atoms. The number of benzene rings is 1. The minimum Gasteiger partial charge on any atom is -0.494 e. The summed E-state index contributed by atoms with van der Waals surface area (Å²) in [5, 5.41) is 6.57. The van der Waals surface area contributed by atoms with Crippen molar-refractivity contribution in [2.24, 2.45) is 4.99 Å². The Labute approximate surface area is 185 Å². The highest BCUT2D eigenvalue weighted by Crippen LogP contribution is 2.36. The Morgan fingerprint density at radius 2 is 2.00 bits per heavy atom. The Bertz CT molecular complexity index is 1290. The van der Waals surface area contributed by atoms with Gasteiger partial charge in [0.05, 0.1) is 17.0 Å². The minimum atomic E-state index is 0.652. The van der Waals surface area contributed by atoms with Crippen molar-refractivity contribution in [3.05, 3.63) is 89.3 Å². The van der Waals surface area contributed by atoms with Gasteiger partial charge in [0, 0.05) is 29.9 Å². The van der Waals surface area contributed by atoms with Crippen LogP contribution in [-0.4, -0.2) is 22.4 Å². The highest BCUT2D eigenvalue weighted by Gasteiger charge is 2.20. The first kappa shape index (κ1) is 19.5. The molecule has 0 amide bonds. The van der Waals surface area contributed by atoms with E-state index in [-0.39, 0.29) is 0 Å². The number of rotatable bonds is 6. The molecule has 31 heavy (non-hydrogen) atoms. The largest absolute Gasteiger partial charge is 0.494 e. The van der Waals surface area contributed by atoms with Gasteiger partial charge in [-0.25, -0.2) is 4.99 Å². The van der Waals surface area contributed by atoms with E-state index in [0.29, 0.717) is 6.61 Å². The van der Waals surface area contributed by atoms with Crippen molar-refractivity contribution in [3.8, 4) is 5.75 Å². The Hall–Kier alpha value is -3.51. The maximum absolute atomic E-state index is 6.03. The lowest BCUT2D eigenvalue weighted by Crippen LogP contribution is -2.26. The van der Waals surface area contributed by atoms with Gasteiger partial charge >= 0.3 is 0 Å². The number of nitrogens with one attached hydrogen (secondary N) is 1. The third kappa shape index (κ3) is 4.07. The molecule has 3 aromatic heterocycles. The average Bonchev–Trinajstić information content (AvgIpc) is 3.26. The van der Waals surface area contributed by atoms with Crippen LogP contribution in [0.5, 0.6) is 5.75 Å². The first-order valence-corrected chi connectivity index (χ1v) is 11.1. The zero-order valence-electron chi connectivity index (χ0n) is 17.3. The zero-order chi connectivity index (χ0) is 21.2. The first-order valence-electron chi connectivity index (χ1n) is 10.2. The van der Waals surface area contributed by atoms with E-state index in [4.69, 9.17) is 9.73 Å². The summed E-state index contributed by atoms with van der Waals surface area (Å²) < 4.78 is 7.20. The van der Waals surface area contributed by atoms with E-state index < -0.39 is 0 Å². The second-order valence-electron chi connectivity index (χ2n) is 7.54. The third-order valence-electron chi connectivity index (χ3n) is 5.30. The Morgan fingerprint density at radius 3 is 2.87 bits per heavy atom. The predicted molar refractivity (Wildman–Crippen MR) is 127 cm³/mol. The number of aliphatic imine (C=N–C) groups is 1. The summed E-state index contributed by atoms with van der Waals surface area (Å²) in [5.41, 5.74) is 5.82. The van der Waals surface area contributed by atoms with Gasteiger partial charge in [-0.3, -0.25) is 9.97 Å². The zero-order valence-corrected chi connectivity index (χ0v) is 18.1. The molecule has 1 aromatic carbocycles. The van der Waals surface area contributed by atoms with E-state index in [1.807, 2.05) is 42.9 Å². The van der Waals surface area contributed by atoms with Crippen molar-refractivity contribution >= 4 is 38.6 Å². The Balaban J connectivity index is 1.34. The molecule has 1 aliphatic heterocycles. The average molecular weight is 427 g/mol. The summed E-state index contributed by atoms with van der Waals surface area (Å²) in [6, 6.07) is 12.3. The molecule has 5 rings (SSSR count). The van der Waals surface area contributed by atoms with Gasteiger partial charge in [0.2, 0.25) is 0 Å². The number of amidine groups is 1. The maximum atomic E-state index is 6.03. The first-order chi connectivity index (χ1) is 15.2. The van der Waals surface area contributed by atoms with Crippen LogP contribution in [0.15, 0.2) is 71.9 Å². The molecule has 0 radical (unpaired) electrons. The number of pyridine rings is 2. The van der Waals surface area contributed by atoms with Crippen LogP contribution in [0.2, 0.25) is 0 Å². The molecule has 0 aliphatic carbocycles. The van der Waals surface area contributed by atoms with Crippen LogP contribution >= 0.6 is 11.3 Å². The molecule has 0 fully saturated rings. The summed E-state index contributed by atoms with van der Waals surface area (Å²) in [7, 11) is 0. The van der Waals surface area contributed by atoms with Gasteiger partial charge in [-0.2, -0.15) is 0 Å². The summed E-state index contributed by atoms with van der Waals surface area (Å²) in [5.74, 6) is 1.56. The van der Waals surface area contributed by atoms with Crippen molar-refractivity contribution in [1.29, 1.82) is 0 Å². The quantitative estimate of drug-likeness (QED) is 0.404. The highest BCUT2D eigenvalue weighted by atomic mass is 32.1. The van der Waals surface area contributed by atoms with Crippen LogP contribution in [-0.2, 0) is 6.42 Å². The summed E-state index contributed by atoms with van der Waals surface area (Å²) >= 11 is 1.69. The standard InChI is InChI=1S/C25H22N4OS/c1-16-12-20(30-10-3-4-18-5-8-26-9-6-18)14-21-17(2)28-25(29-24(16)21)22-13-19-7-11-31-23(19)15-27-22/h5-9,11-15H,2-4,10H2,1H3,(H,28,29). The summed E-state index contributed by atoms with van der Waals surface area (Å²) in [6.07, 6.45) is 7.45. The Morgan fingerprint density at radius 1 is 1.13 bits per heavy atom. The number of thiophene rings is 1. The number of nitrogens with zero attached hydrogens (tertiary/aromatic N) is 3. The molecule has 154 valence electrons. The van der Waals surface area contributed by atoms with E-state index in [1.54, 1.807) is 11.3 Å². The number of aryl methyl sites for hydroxylation is 2. The van der Waals surface area contributed by atoms with Gasteiger partial charge in [-0.05, 0) is 78.1 Å². The lowest BCUT2D eigenvalue weighted by atomic mass is 10.0. The van der Waals surface area contributed by atoms with Crippen LogP contribution in [0.25, 0.3) is 15.8 Å². The lowest BCUT2D eigenvalue weighted by molar-refractivity contribution is 0.311. The molecular weight excluding hydrogens is 404 g/mol. The number of hydrogen-bond donors (Lipinski definition) is 1. The van der Waals surface area contributed by atoms with Gasteiger partial charge in [-0.15, -0.1) is 11.3 Å². The summed E-state index contributed by atoms with van der Waals surface area (Å²) in [6.45, 7) is 6.93. The van der Waals surface area contributed by atoms with Crippen LogP contribution < -0.4 is 10.1 Å². The van der Waals surface area contributed by atoms with Crippen LogP contribution in [0.1, 0.15) is 28.8 Å². The lowest BCUT2D eigenvalue weighted by Gasteiger charge is -2.22. The van der Waals surface area contributed by atoms with Gasteiger partial charge in [0.15, 0.2) is 5.84 Å². The molecule has 0 atom stereocenters. The SMILES string of the molecule is C=C1NC(c2cc3ccsc3cn2)=Nc2c(C)cc(OCCCc3ccncc3)cc21. The molecule has 0 bridgehead atoms. The fraction of sp³-hybridized carbons (Fsp3) is 0.160. The second-order valence-corrected chi connectivity index (χ2v) is 8.48. The van der Waals surface area contributed by atoms with Gasteiger partial charge < -0.3 is 10.1 Å². The molecule has 1 N–H and O–H groups in total. The maximum Gasteiger partial charge on any atom is 0.157 e. The predicted octanol–water partition coefficient (Wildman–Crippen LogP) is 5.66. The van der Waals surface area contributed by atoms with Gasteiger partial charge in [0.1, 0.15) is 11.4 Å². The molecule has 0 saturated carbocycles. The van der Waals surface area contributed by atoms with Crippen molar-refractivity contribution in [2.45, 2.75) is 19.8 Å². The molecular formula is C25H22N4OS. The summed E-state index contributed by atoms with van der Waals surface area (Å²) in [4.78, 5) is 13.5. The number of fused-ring (bicyclic) bond motifs is 2. The molecule has 0 unspecified atom stereocenters. The van der Waals surface area contributed by atoms with E-state index in [9.17, 15) is 0 Å². The van der Waals surface area contributed by atoms with Crippen molar-refractivity contribution < 1.29 is 4.74 Å². The fourth-order valence-corrected chi connectivity index (χ4v) is 4.43. The number of hydrogen-bond acceptors (Lipinski definition) is 6. The second kappa shape index (κ2) is 8.32. The Kier molecular flexibility index (Phi) is 5.22. The van der Waals surface area contributed by atoms with E-state index in [2.05, 4.69) is 46.3 Å². The van der Waals surface area contributed by atoms with Crippen LogP contribution in [0.4, 0.5) is 5.69 Å². The van der Waals surface area contributed by atoms with E-state index in [0.717, 1.165) is 52.6 Å². The molecule has 1 aliphatic rings. The fourth-order valence-electron chi connectivity index (χ4n) is 3.69. The van der Waals surface area contributed by atoms with Gasteiger partial charge in [-0.1, -0.05) is 6.58 Å². The molecule has 6 heteroatoms. The topological polar surface area (TPSA) is 59.4 Å². The van der Waals surface area contributed by atoms with Gasteiger partial charge in [0.25, 0.3) is 0 Å². The van der Waals surface area contributed by atoms with E-state index >= 15 is 0 Å². The molecule has 5 nitrogen and oxygen atoms in total. The molecule has 0 saturated heterocycles. The van der Waals surface area contributed by atoms with Crippen molar-refractivity contribution in [2.75, 3.05) is 6.61 Å². The van der Waals surface area contributed by atoms with Crippen molar-refractivity contribution in [3.63, 3.8) is 0 Å². The number of ether oxygens (including phenoxy) is 1. The van der Waals surface area contributed by atoms with Crippen LogP contribution in [0.3, 0.4) is 0 Å². The van der Waals surface area contributed by atoms with E-state index in [1.165, 1.54) is 15.6 Å². The smallest absolute Gasteiger partial charge is 0.157 e.